The van der Waals surface area contributed by atoms with Crippen molar-refractivity contribution in [2.24, 2.45) is 0 Å². The Labute approximate surface area is 194 Å². The first-order valence-electron chi connectivity index (χ1n) is 7.64. The number of nitro groups is 1. The summed E-state index contributed by atoms with van der Waals surface area (Å²) in [4.78, 5) is 32.3. The van der Waals surface area contributed by atoms with Crippen LogP contribution in [-0.4, -0.2) is 23.5 Å². The molecule has 0 amide bonds. The van der Waals surface area contributed by atoms with Crippen LogP contribution >= 0.6 is 11.6 Å². The molecule has 0 aliphatic rings. The summed E-state index contributed by atoms with van der Waals surface area (Å²) in [5, 5.41) is 21.1. The average molecular weight is 456 g/mol. The molecule has 2 aromatic rings. The van der Waals surface area contributed by atoms with Gasteiger partial charge < -0.3 is 19.4 Å². The van der Waals surface area contributed by atoms with E-state index in [1.165, 1.54) is 0 Å². The number of nitrogens with zero attached hydrogens (tertiary/aromatic N) is 1. The average Bonchev–Trinajstić information content (AvgIpc) is 2.60. The van der Waals surface area contributed by atoms with Gasteiger partial charge in [-0.05, 0) is 30.3 Å². The number of carbonyl (C=O) groups excluding carboxylic acids is 2. The van der Waals surface area contributed by atoms with Crippen molar-refractivity contribution < 1.29 is 71.8 Å². The number of hydrogen-bond acceptors (Lipinski definition) is 7. The molecule has 30 heavy (non-hydrogen) atoms. The van der Waals surface area contributed by atoms with Crippen LogP contribution in [0, 0.1) is 10.1 Å². The van der Waals surface area contributed by atoms with Crippen LogP contribution in [0.3, 0.4) is 0 Å². The maximum Gasteiger partial charge on any atom is 1.00 e. The van der Waals surface area contributed by atoms with E-state index < -0.39 is 47.3 Å². The third-order valence-corrected chi connectivity index (χ3v) is 3.72. The maximum atomic E-state index is 12.7. The molecular weight excluding hydrogens is 446 g/mol. The van der Waals surface area contributed by atoms with Crippen molar-refractivity contribution in [3.05, 3.63) is 62.7 Å². The van der Waals surface area contributed by atoms with Gasteiger partial charge in [-0.15, -0.1) is 0 Å². The van der Waals surface area contributed by atoms with Gasteiger partial charge in [-0.25, -0.2) is 0 Å². The van der Waals surface area contributed by atoms with E-state index in [-0.39, 0.29) is 51.6 Å². The second-order valence-corrected chi connectivity index (χ2v) is 5.91. The number of ether oxygens (including phenoxy) is 2. The number of esters is 1. The molecule has 0 unspecified atom stereocenters. The fraction of sp³-hybridized carbons (Fsp3) is 0.176. The molecule has 8 nitrogen and oxygen atoms in total. The summed E-state index contributed by atoms with van der Waals surface area (Å²) in [6, 6.07) is 5.62. The van der Waals surface area contributed by atoms with Crippen molar-refractivity contribution in [1.82, 2.24) is 0 Å². The number of rotatable bonds is 7. The molecular formula is C17H10ClF3NNaO7. The van der Waals surface area contributed by atoms with Crippen LogP contribution < -0.4 is 39.4 Å². The van der Waals surface area contributed by atoms with E-state index in [0.29, 0.717) is 6.07 Å². The number of carboxylic acids is 1. The Morgan fingerprint density at radius 1 is 1.13 bits per heavy atom. The van der Waals surface area contributed by atoms with Crippen molar-refractivity contribution >= 4 is 29.2 Å². The molecule has 2 rings (SSSR count). The first kappa shape index (κ1) is 25.7. The molecule has 0 saturated heterocycles. The Kier molecular flexibility index (Phi) is 9.09. The van der Waals surface area contributed by atoms with Crippen LogP contribution in [0.2, 0.25) is 5.02 Å². The van der Waals surface area contributed by atoms with Crippen molar-refractivity contribution in [1.29, 1.82) is 0 Å². The van der Waals surface area contributed by atoms with Crippen LogP contribution in [0.15, 0.2) is 36.4 Å². The molecule has 0 bridgehead atoms. The molecule has 0 heterocycles. The monoisotopic (exact) mass is 455 g/mol. The molecule has 0 fully saturated rings. The maximum absolute atomic E-state index is 12.7. The third kappa shape index (κ3) is 7.17. The summed E-state index contributed by atoms with van der Waals surface area (Å²) in [5.41, 5.74) is -1.63. The van der Waals surface area contributed by atoms with Crippen LogP contribution in [-0.2, 0) is 26.9 Å². The van der Waals surface area contributed by atoms with Gasteiger partial charge in [-0.1, -0.05) is 11.6 Å². The largest absolute Gasteiger partial charge is 1.00 e. The molecule has 0 N–H and O–H groups in total. The van der Waals surface area contributed by atoms with E-state index in [2.05, 4.69) is 4.74 Å². The van der Waals surface area contributed by atoms with E-state index in [0.717, 1.165) is 30.3 Å². The Hall–Kier alpha value is -2.34. The van der Waals surface area contributed by atoms with Gasteiger partial charge in [0.2, 0.25) is 0 Å². The zero-order chi connectivity index (χ0) is 21.8. The zero-order valence-electron chi connectivity index (χ0n) is 15.2. The number of carboxylic acid groups (broad SMARTS) is 1. The minimum absolute atomic E-state index is 0. The van der Waals surface area contributed by atoms with Crippen molar-refractivity contribution in [2.45, 2.75) is 12.6 Å². The second kappa shape index (κ2) is 10.6. The molecule has 154 valence electrons. The molecule has 0 atom stereocenters. The molecule has 0 radical (unpaired) electrons. The normalized spacial score (nSPS) is 10.7. The number of aliphatic carboxylic acids is 1. The predicted octanol–water partition coefficient (Wildman–Crippen LogP) is -0.101. The Morgan fingerprint density at radius 3 is 2.33 bits per heavy atom. The quantitative estimate of drug-likeness (QED) is 0.247. The van der Waals surface area contributed by atoms with Gasteiger partial charge in [0.25, 0.3) is 5.69 Å². The van der Waals surface area contributed by atoms with Gasteiger partial charge in [0.05, 0.1) is 27.9 Å². The van der Waals surface area contributed by atoms with Gasteiger partial charge in [0, 0.05) is 11.6 Å². The summed E-state index contributed by atoms with van der Waals surface area (Å²) in [6.07, 6.45) is -5.25. The van der Waals surface area contributed by atoms with Gasteiger partial charge in [-0.3, -0.25) is 14.9 Å². The van der Waals surface area contributed by atoms with Gasteiger partial charge in [-0.2, -0.15) is 13.2 Å². The third-order valence-electron chi connectivity index (χ3n) is 3.42. The van der Waals surface area contributed by atoms with E-state index >= 15 is 0 Å². The van der Waals surface area contributed by atoms with E-state index in [9.17, 15) is 38.0 Å². The van der Waals surface area contributed by atoms with Gasteiger partial charge in [0.1, 0.15) is 18.1 Å². The Morgan fingerprint density at radius 2 is 1.80 bits per heavy atom. The van der Waals surface area contributed by atoms with E-state index in [1.54, 1.807) is 0 Å². The predicted molar refractivity (Wildman–Crippen MR) is 89.3 cm³/mol. The molecule has 2 aromatic carbocycles. The number of carbonyl (C=O) groups is 2. The van der Waals surface area contributed by atoms with Crippen molar-refractivity contribution in [2.75, 3.05) is 6.61 Å². The molecule has 0 saturated carbocycles. The first-order chi connectivity index (χ1) is 13.5. The van der Waals surface area contributed by atoms with Gasteiger partial charge >= 0.3 is 41.7 Å². The number of benzene rings is 2. The summed E-state index contributed by atoms with van der Waals surface area (Å²) in [7, 11) is 0. The summed E-state index contributed by atoms with van der Waals surface area (Å²) < 4.78 is 47.8. The minimum atomic E-state index is -4.60. The zero-order valence-corrected chi connectivity index (χ0v) is 18.0. The standard InChI is InChI=1S/C17H11ClF3NO7.Na/c18-12-7-10(17(19,20)21)1-4-14(12)29-11-2-3-13(22(26)27)9(5-11)6-16(25)28-8-15(23)24;/h1-5,7H,6,8H2,(H,23,24);/q;+1/p-1. The van der Waals surface area contributed by atoms with Crippen LogP contribution in [0.25, 0.3) is 0 Å². The fourth-order valence-corrected chi connectivity index (χ4v) is 2.40. The molecule has 0 aromatic heterocycles. The van der Waals surface area contributed by atoms with Crippen LogP contribution in [0.5, 0.6) is 11.5 Å². The first-order valence-corrected chi connectivity index (χ1v) is 8.02. The van der Waals surface area contributed by atoms with E-state index in [1.807, 2.05) is 0 Å². The van der Waals surface area contributed by atoms with Crippen molar-refractivity contribution in [3.8, 4) is 11.5 Å². The molecule has 0 aliphatic heterocycles. The van der Waals surface area contributed by atoms with Crippen LogP contribution in [0.1, 0.15) is 11.1 Å². The topological polar surface area (TPSA) is 119 Å². The number of nitro benzene ring substituents is 1. The summed E-state index contributed by atoms with van der Waals surface area (Å²) in [6.45, 7) is -1.02. The van der Waals surface area contributed by atoms with Gasteiger partial charge in [0.15, 0.2) is 0 Å². The van der Waals surface area contributed by atoms with E-state index in [4.69, 9.17) is 16.3 Å². The Balaban J connectivity index is 0.00000450. The second-order valence-electron chi connectivity index (χ2n) is 5.50. The fourth-order valence-electron chi connectivity index (χ4n) is 2.18. The van der Waals surface area contributed by atoms with Crippen molar-refractivity contribution in [3.63, 3.8) is 0 Å². The SMILES string of the molecule is O=C([O-])COC(=O)Cc1cc(Oc2ccc(C(F)(F)F)cc2Cl)ccc1[N+](=O)[O-].[Na+]. The number of hydrogen-bond donors (Lipinski definition) is 0. The minimum Gasteiger partial charge on any atom is -0.546 e. The molecule has 0 spiro atoms. The van der Waals surface area contributed by atoms with Crippen LogP contribution in [0.4, 0.5) is 18.9 Å². The number of halogens is 4. The Bertz CT molecular complexity index is 969. The smallest absolute Gasteiger partial charge is 0.546 e. The molecule has 0 aliphatic carbocycles. The summed E-state index contributed by atoms with van der Waals surface area (Å²) >= 11 is 5.79. The number of alkyl halides is 3. The summed E-state index contributed by atoms with van der Waals surface area (Å²) in [5.74, 6) is -2.93. The molecule has 13 heteroatoms.